The van der Waals surface area contributed by atoms with Crippen molar-refractivity contribution < 1.29 is 13.9 Å². The molecule has 1 rings (SSSR count). The van der Waals surface area contributed by atoms with Crippen molar-refractivity contribution >= 4 is 15.9 Å². The van der Waals surface area contributed by atoms with Crippen molar-refractivity contribution in [1.29, 1.82) is 0 Å². The third-order valence-corrected chi connectivity index (χ3v) is 3.42. The molecule has 0 bridgehead atoms. The van der Waals surface area contributed by atoms with Gasteiger partial charge in [-0.3, -0.25) is 0 Å². The second-order valence-corrected chi connectivity index (χ2v) is 4.79. The van der Waals surface area contributed by atoms with Gasteiger partial charge in [-0.05, 0) is 47.3 Å². The Kier molecular flexibility index (Phi) is 4.87. The molecule has 0 heterocycles. The minimum Gasteiger partial charge on any atom is -0.393 e. The predicted octanol–water partition coefficient (Wildman–Crippen LogP) is 3.68. The van der Waals surface area contributed by atoms with Crippen LogP contribution < -0.4 is 0 Å². The minimum atomic E-state index is -0.570. The molecule has 0 spiro atoms. The summed E-state index contributed by atoms with van der Waals surface area (Å²) in [5, 5.41) is 9.47. The molecule has 1 aromatic rings. The normalized spacial score (nSPS) is 14.9. The fourth-order valence-electron chi connectivity index (χ4n) is 1.67. The number of halogens is 3. The van der Waals surface area contributed by atoms with Crippen molar-refractivity contribution in [3.8, 4) is 0 Å². The molecular weight excluding hydrogens is 278 g/mol. The van der Waals surface area contributed by atoms with E-state index in [1.54, 1.807) is 6.92 Å². The highest BCUT2D eigenvalue weighted by Crippen LogP contribution is 2.25. The molecule has 0 aromatic heterocycles. The highest BCUT2D eigenvalue weighted by Gasteiger charge is 2.19. The summed E-state index contributed by atoms with van der Waals surface area (Å²) in [6.07, 6.45) is 0.330. The van der Waals surface area contributed by atoms with Crippen LogP contribution in [0.2, 0.25) is 0 Å². The zero-order valence-corrected chi connectivity index (χ0v) is 10.9. The van der Waals surface area contributed by atoms with E-state index >= 15 is 0 Å². The van der Waals surface area contributed by atoms with E-state index in [2.05, 4.69) is 15.9 Å². The summed E-state index contributed by atoms with van der Waals surface area (Å²) < 4.78 is 27.4. The molecule has 4 heteroatoms. The zero-order chi connectivity index (χ0) is 12.3. The van der Waals surface area contributed by atoms with Gasteiger partial charge in [-0.2, -0.15) is 0 Å². The molecule has 1 N–H and O–H groups in total. The van der Waals surface area contributed by atoms with Crippen LogP contribution in [0.4, 0.5) is 8.78 Å². The van der Waals surface area contributed by atoms with E-state index in [4.69, 9.17) is 0 Å². The van der Waals surface area contributed by atoms with Crippen molar-refractivity contribution in [1.82, 2.24) is 0 Å². The van der Waals surface area contributed by atoms with E-state index in [-0.39, 0.29) is 22.4 Å². The monoisotopic (exact) mass is 292 g/mol. The van der Waals surface area contributed by atoms with Gasteiger partial charge in [-0.15, -0.1) is 0 Å². The SMILES string of the molecule is CCC(Cc1c(F)ccc(Br)c1F)C(C)O. The Balaban J connectivity index is 3.00. The van der Waals surface area contributed by atoms with Crippen LogP contribution in [0.5, 0.6) is 0 Å². The topological polar surface area (TPSA) is 20.2 Å². The Labute approximate surface area is 103 Å². The summed E-state index contributed by atoms with van der Waals surface area (Å²) in [6, 6.07) is 2.58. The summed E-state index contributed by atoms with van der Waals surface area (Å²) in [5.74, 6) is -1.25. The summed E-state index contributed by atoms with van der Waals surface area (Å²) in [7, 11) is 0. The molecule has 0 aliphatic heterocycles. The van der Waals surface area contributed by atoms with Gasteiger partial charge in [0.05, 0.1) is 10.6 Å². The lowest BCUT2D eigenvalue weighted by atomic mass is 9.92. The first-order chi connectivity index (χ1) is 7.47. The van der Waals surface area contributed by atoms with Crippen LogP contribution >= 0.6 is 15.9 Å². The van der Waals surface area contributed by atoms with Crippen molar-refractivity contribution in [2.24, 2.45) is 5.92 Å². The molecule has 0 saturated heterocycles. The molecule has 2 unspecified atom stereocenters. The third-order valence-electron chi connectivity index (χ3n) is 2.81. The molecule has 0 radical (unpaired) electrons. The highest BCUT2D eigenvalue weighted by atomic mass is 79.9. The summed E-state index contributed by atoms with van der Waals surface area (Å²) >= 11 is 3.02. The van der Waals surface area contributed by atoms with Crippen LogP contribution in [0, 0.1) is 17.6 Å². The molecule has 16 heavy (non-hydrogen) atoms. The lowest BCUT2D eigenvalue weighted by Crippen LogP contribution is -2.19. The Morgan fingerprint density at radius 3 is 2.50 bits per heavy atom. The Morgan fingerprint density at radius 1 is 1.38 bits per heavy atom. The van der Waals surface area contributed by atoms with Crippen LogP contribution in [-0.4, -0.2) is 11.2 Å². The molecule has 1 nitrogen and oxygen atoms in total. The summed E-state index contributed by atoms with van der Waals surface area (Å²) in [6.45, 7) is 3.53. The molecule has 0 fully saturated rings. The Hall–Kier alpha value is -0.480. The number of rotatable bonds is 4. The van der Waals surface area contributed by atoms with Crippen LogP contribution in [0.3, 0.4) is 0 Å². The average Bonchev–Trinajstić information content (AvgIpc) is 2.23. The predicted molar refractivity (Wildman–Crippen MR) is 63.2 cm³/mol. The van der Waals surface area contributed by atoms with Crippen molar-refractivity contribution in [2.75, 3.05) is 0 Å². The molecule has 0 saturated carbocycles. The highest BCUT2D eigenvalue weighted by molar-refractivity contribution is 9.10. The lowest BCUT2D eigenvalue weighted by Gasteiger charge is -2.18. The zero-order valence-electron chi connectivity index (χ0n) is 9.30. The Bertz CT molecular complexity index is 366. The Morgan fingerprint density at radius 2 is 2.00 bits per heavy atom. The summed E-state index contributed by atoms with van der Waals surface area (Å²) in [4.78, 5) is 0. The van der Waals surface area contributed by atoms with Gasteiger partial charge in [0.1, 0.15) is 11.6 Å². The minimum absolute atomic E-state index is 0.0436. The first kappa shape index (κ1) is 13.6. The van der Waals surface area contributed by atoms with Crippen LogP contribution in [-0.2, 0) is 6.42 Å². The molecule has 0 amide bonds. The maximum absolute atomic E-state index is 13.7. The molecule has 1 aromatic carbocycles. The van der Waals surface area contributed by atoms with Gasteiger partial charge >= 0.3 is 0 Å². The van der Waals surface area contributed by atoms with E-state index in [0.717, 1.165) is 0 Å². The van der Waals surface area contributed by atoms with Gasteiger partial charge < -0.3 is 5.11 Å². The molecule has 2 atom stereocenters. The first-order valence-corrected chi connectivity index (χ1v) is 6.07. The fraction of sp³-hybridized carbons (Fsp3) is 0.500. The molecule has 0 aliphatic rings. The van der Waals surface area contributed by atoms with E-state index < -0.39 is 17.7 Å². The largest absolute Gasteiger partial charge is 0.393 e. The van der Waals surface area contributed by atoms with Crippen molar-refractivity contribution in [2.45, 2.75) is 32.8 Å². The van der Waals surface area contributed by atoms with Gasteiger partial charge in [-0.1, -0.05) is 13.3 Å². The number of aliphatic hydroxyl groups is 1. The average molecular weight is 293 g/mol. The first-order valence-electron chi connectivity index (χ1n) is 5.27. The molecule has 0 aliphatic carbocycles. The van der Waals surface area contributed by atoms with Crippen LogP contribution in [0.25, 0.3) is 0 Å². The standard InChI is InChI=1S/C12H15BrF2O/c1-3-8(7(2)16)6-9-11(14)5-4-10(13)12(9)15/h4-5,7-8,16H,3,6H2,1-2H3. The number of benzene rings is 1. The van der Waals surface area contributed by atoms with Crippen molar-refractivity contribution in [3.63, 3.8) is 0 Å². The second kappa shape index (κ2) is 5.73. The van der Waals surface area contributed by atoms with Crippen molar-refractivity contribution in [3.05, 3.63) is 33.8 Å². The number of hydrogen-bond donors (Lipinski definition) is 1. The van der Waals surface area contributed by atoms with Gasteiger partial charge in [0.25, 0.3) is 0 Å². The van der Waals surface area contributed by atoms with Crippen LogP contribution in [0.1, 0.15) is 25.8 Å². The second-order valence-electron chi connectivity index (χ2n) is 3.93. The van der Waals surface area contributed by atoms with Gasteiger partial charge in [0.15, 0.2) is 0 Å². The van der Waals surface area contributed by atoms with Gasteiger partial charge in [-0.25, -0.2) is 8.78 Å². The third kappa shape index (κ3) is 3.01. The lowest BCUT2D eigenvalue weighted by molar-refractivity contribution is 0.122. The molecular formula is C12H15BrF2O. The van der Waals surface area contributed by atoms with E-state index in [1.165, 1.54) is 12.1 Å². The maximum atomic E-state index is 13.7. The van der Waals surface area contributed by atoms with Crippen LogP contribution in [0.15, 0.2) is 16.6 Å². The number of aliphatic hydroxyl groups excluding tert-OH is 1. The quantitative estimate of drug-likeness (QED) is 0.840. The number of hydrogen-bond acceptors (Lipinski definition) is 1. The molecule has 90 valence electrons. The van der Waals surface area contributed by atoms with E-state index in [9.17, 15) is 13.9 Å². The summed E-state index contributed by atoms with van der Waals surface area (Å²) in [5.41, 5.74) is 0.0436. The van der Waals surface area contributed by atoms with E-state index in [1.807, 2.05) is 6.92 Å². The van der Waals surface area contributed by atoms with E-state index in [0.29, 0.717) is 6.42 Å². The maximum Gasteiger partial charge on any atom is 0.143 e. The van der Waals surface area contributed by atoms with Gasteiger partial charge in [0, 0.05) is 5.56 Å². The smallest absolute Gasteiger partial charge is 0.143 e. The fourth-order valence-corrected chi connectivity index (χ4v) is 2.05. The van der Waals surface area contributed by atoms with Gasteiger partial charge in [0.2, 0.25) is 0 Å².